The van der Waals surface area contributed by atoms with Crippen molar-refractivity contribution in [2.75, 3.05) is 7.11 Å². The molecule has 1 amide bonds. The number of nitrogens with one attached hydrogen (secondary N) is 1. The summed E-state index contributed by atoms with van der Waals surface area (Å²) in [6, 6.07) is 7.00. The molecule has 0 spiro atoms. The van der Waals surface area contributed by atoms with E-state index in [1.165, 1.54) is 11.3 Å². The van der Waals surface area contributed by atoms with E-state index in [1.54, 1.807) is 25.3 Å². The highest BCUT2D eigenvalue weighted by atomic mass is 35.5. The summed E-state index contributed by atoms with van der Waals surface area (Å²) in [6.45, 7) is 3.78. The Labute approximate surface area is 137 Å². The van der Waals surface area contributed by atoms with Gasteiger partial charge in [0.1, 0.15) is 10.6 Å². The van der Waals surface area contributed by atoms with E-state index in [1.807, 2.05) is 25.3 Å². The highest BCUT2D eigenvalue weighted by Gasteiger charge is 2.27. The molecule has 21 heavy (non-hydrogen) atoms. The summed E-state index contributed by atoms with van der Waals surface area (Å²) in [7, 11) is 1.54. The summed E-state index contributed by atoms with van der Waals surface area (Å²) in [6.07, 6.45) is 0. The Balaban J connectivity index is 2.26. The van der Waals surface area contributed by atoms with Crippen LogP contribution in [-0.4, -0.2) is 13.0 Å². The van der Waals surface area contributed by atoms with Gasteiger partial charge in [-0.1, -0.05) is 29.3 Å². The van der Waals surface area contributed by atoms with Crippen LogP contribution in [0.1, 0.15) is 29.1 Å². The van der Waals surface area contributed by atoms with Crippen LogP contribution < -0.4 is 10.1 Å². The average molecular weight is 344 g/mol. The fourth-order valence-electron chi connectivity index (χ4n) is 2.03. The molecule has 2 rings (SSSR count). The van der Waals surface area contributed by atoms with Crippen molar-refractivity contribution < 1.29 is 9.53 Å². The molecule has 0 saturated heterocycles. The van der Waals surface area contributed by atoms with Gasteiger partial charge in [0.25, 0.3) is 5.91 Å². The quantitative estimate of drug-likeness (QED) is 0.871. The van der Waals surface area contributed by atoms with Gasteiger partial charge in [0, 0.05) is 10.0 Å². The molecule has 0 fully saturated rings. The maximum atomic E-state index is 12.4. The third kappa shape index (κ3) is 3.51. The van der Waals surface area contributed by atoms with Gasteiger partial charge < -0.3 is 10.1 Å². The van der Waals surface area contributed by atoms with Crippen LogP contribution in [0.25, 0.3) is 0 Å². The molecule has 0 radical (unpaired) electrons. The lowest BCUT2D eigenvalue weighted by Gasteiger charge is -2.28. The number of thiophene rings is 1. The summed E-state index contributed by atoms with van der Waals surface area (Å²) in [5.74, 6) is 0.369. The molecule has 0 aliphatic rings. The fourth-order valence-corrected chi connectivity index (χ4v) is 3.43. The molecular formula is C15H15Cl2NO2S. The van der Waals surface area contributed by atoms with E-state index in [9.17, 15) is 4.79 Å². The lowest BCUT2D eigenvalue weighted by molar-refractivity contribution is 0.0913. The minimum Gasteiger partial charge on any atom is -0.495 e. The molecule has 0 saturated carbocycles. The first-order valence-electron chi connectivity index (χ1n) is 6.24. The Hall–Kier alpha value is -1.23. The molecule has 1 N–H and O–H groups in total. The number of methoxy groups -OCH3 is 1. The topological polar surface area (TPSA) is 38.3 Å². The van der Waals surface area contributed by atoms with Gasteiger partial charge in [0.05, 0.1) is 12.6 Å². The van der Waals surface area contributed by atoms with Gasteiger partial charge >= 0.3 is 0 Å². The second-order valence-electron chi connectivity index (χ2n) is 5.02. The van der Waals surface area contributed by atoms with E-state index in [4.69, 9.17) is 27.9 Å². The van der Waals surface area contributed by atoms with E-state index < -0.39 is 5.54 Å². The number of hydrogen-bond acceptors (Lipinski definition) is 3. The Morgan fingerprint density at radius 2 is 2.00 bits per heavy atom. The third-order valence-electron chi connectivity index (χ3n) is 3.09. The van der Waals surface area contributed by atoms with Gasteiger partial charge in [-0.05, 0) is 43.0 Å². The first kappa shape index (κ1) is 16.1. The number of benzene rings is 1. The number of rotatable bonds is 4. The molecular weight excluding hydrogens is 329 g/mol. The van der Waals surface area contributed by atoms with Gasteiger partial charge in [-0.25, -0.2) is 0 Å². The van der Waals surface area contributed by atoms with Crippen molar-refractivity contribution in [3.8, 4) is 5.75 Å². The van der Waals surface area contributed by atoms with Crippen LogP contribution in [0.3, 0.4) is 0 Å². The number of carbonyl (C=O) groups is 1. The standard InChI is InChI=1S/C15H15Cl2NO2S/c1-15(2,10-5-4-9(16)8-11(10)17)18-14(19)13-12(20-3)6-7-21-13/h4-8H,1-3H3,(H,18,19). The smallest absolute Gasteiger partial charge is 0.265 e. The van der Waals surface area contributed by atoms with E-state index >= 15 is 0 Å². The molecule has 2 aromatic rings. The predicted octanol–water partition coefficient (Wildman–Crippen LogP) is 4.73. The number of carbonyl (C=O) groups excluding carboxylic acids is 1. The Kier molecular flexibility index (Phi) is 4.81. The second kappa shape index (κ2) is 6.26. The molecule has 0 aliphatic carbocycles. The summed E-state index contributed by atoms with van der Waals surface area (Å²) in [5, 5.41) is 5.87. The predicted molar refractivity (Wildman–Crippen MR) is 87.8 cm³/mol. The maximum absolute atomic E-state index is 12.4. The van der Waals surface area contributed by atoms with Crippen molar-refractivity contribution in [3.63, 3.8) is 0 Å². The molecule has 112 valence electrons. The average Bonchev–Trinajstić information content (AvgIpc) is 2.85. The lowest BCUT2D eigenvalue weighted by Crippen LogP contribution is -2.41. The molecule has 1 heterocycles. The summed E-state index contributed by atoms with van der Waals surface area (Å²) in [4.78, 5) is 12.9. The third-order valence-corrected chi connectivity index (χ3v) is 4.53. The van der Waals surface area contributed by atoms with Gasteiger partial charge in [-0.15, -0.1) is 11.3 Å². The summed E-state index contributed by atoms with van der Waals surface area (Å²) >= 11 is 13.5. The van der Waals surface area contributed by atoms with Gasteiger partial charge in [-0.2, -0.15) is 0 Å². The van der Waals surface area contributed by atoms with Crippen molar-refractivity contribution in [3.05, 3.63) is 50.1 Å². The van der Waals surface area contributed by atoms with Crippen molar-refractivity contribution in [1.29, 1.82) is 0 Å². The molecule has 3 nitrogen and oxygen atoms in total. The maximum Gasteiger partial charge on any atom is 0.265 e. The molecule has 1 aromatic heterocycles. The minimum absolute atomic E-state index is 0.196. The van der Waals surface area contributed by atoms with Crippen LogP contribution in [0.2, 0.25) is 10.0 Å². The Morgan fingerprint density at radius 1 is 1.29 bits per heavy atom. The van der Waals surface area contributed by atoms with Crippen LogP contribution in [0.5, 0.6) is 5.75 Å². The van der Waals surface area contributed by atoms with Gasteiger partial charge in [0.2, 0.25) is 0 Å². The first-order valence-corrected chi connectivity index (χ1v) is 7.88. The normalized spacial score (nSPS) is 11.3. The summed E-state index contributed by atoms with van der Waals surface area (Å²) in [5.41, 5.74) is 0.172. The Morgan fingerprint density at radius 3 is 2.62 bits per heavy atom. The van der Waals surface area contributed by atoms with Crippen molar-refractivity contribution in [2.45, 2.75) is 19.4 Å². The zero-order valence-electron chi connectivity index (χ0n) is 11.9. The highest BCUT2D eigenvalue weighted by molar-refractivity contribution is 7.12. The van der Waals surface area contributed by atoms with Crippen LogP contribution >= 0.6 is 34.5 Å². The fraction of sp³-hybridized carbons (Fsp3) is 0.267. The SMILES string of the molecule is COc1ccsc1C(=O)NC(C)(C)c1ccc(Cl)cc1Cl. The monoisotopic (exact) mass is 343 g/mol. The summed E-state index contributed by atoms with van der Waals surface area (Å²) < 4.78 is 5.17. The molecule has 0 aliphatic heterocycles. The molecule has 6 heteroatoms. The molecule has 0 atom stereocenters. The molecule has 0 unspecified atom stereocenters. The lowest BCUT2D eigenvalue weighted by atomic mass is 9.94. The number of ether oxygens (including phenoxy) is 1. The number of halogens is 2. The molecule has 0 bridgehead atoms. The van der Waals surface area contributed by atoms with E-state index in [-0.39, 0.29) is 5.91 Å². The number of amides is 1. The van der Waals surface area contributed by atoms with E-state index in [2.05, 4.69) is 5.32 Å². The first-order chi connectivity index (χ1) is 9.85. The van der Waals surface area contributed by atoms with E-state index in [0.29, 0.717) is 20.7 Å². The van der Waals surface area contributed by atoms with Crippen LogP contribution in [-0.2, 0) is 5.54 Å². The second-order valence-corrected chi connectivity index (χ2v) is 6.78. The van der Waals surface area contributed by atoms with Crippen molar-refractivity contribution in [2.24, 2.45) is 0 Å². The van der Waals surface area contributed by atoms with Crippen molar-refractivity contribution in [1.82, 2.24) is 5.32 Å². The minimum atomic E-state index is -0.631. The van der Waals surface area contributed by atoms with Crippen LogP contribution in [0.4, 0.5) is 0 Å². The van der Waals surface area contributed by atoms with Gasteiger partial charge in [-0.3, -0.25) is 4.79 Å². The van der Waals surface area contributed by atoms with E-state index in [0.717, 1.165) is 5.56 Å². The van der Waals surface area contributed by atoms with Crippen LogP contribution in [0, 0.1) is 0 Å². The van der Waals surface area contributed by atoms with Gasteiger partial charge in [0.15, 0.2) is 0 Å². The zero-order valence-corrected chi connectivity index (χ0v) is 14.2. The van der Waals surface area contributed by atoms with Crippen molar-refractivity contribution >= 4 is 40.4 Å². The Bertz CT molecular complexity index is 667. The number of hydrogen-bond donors (Lipinski definition) is 1. The highest BCUT2D eigenvalue weighted by Crippen LogP contribution is 2.31. The van der Waals surface area contributed by atoms with Crippen LogP contribution in [0.15, 0.2) is 29.6 Å². The zero-order chi connectivity index (χ0) is 15.6. The molecule has 1 aromatic carbocycles. The largest absolute Gasteiger partial charge is 0.495 e.